The maximum absolute atomic E-state index is 13.6. The molecule has 18 heteroatoms. The van der Waals surface area contributed by atoms with Gasteiger partial charge in [0.25, 0.3) is 17.7 Å². The standard InChI is InChI=1S/C44H43N9O9/c45-52-51-30-11-6-27(7-12-30)42(57)47-19-18-46-39(54)24-61-32-13-8-26(9-14-32)41-49-36-20-28(10-17-38(36)53(41)31-4-2-1-3-5-31)43(58)50-37(44(59)60)21-29-23-48-35-16-15-33(22-34(29)35)62-25-40(55)56/h6-17,20,22-23,31,37,48H,1-5,18-19,21,24-25H2,(H,46,54)(H,47,57)(H,50,58)(H,55,56)(H,59,60). The lowest BCUT2D eigenvalue weighted by Gasteiger charge is -2.25. The zero-order valence-electron chi connectivity index (χ0n) is 33.4. The van der Waals surface area contributed by atoms with E-state index in [9.17, 15) is 29.1 Å². The Balaban J connectivity index is 0.995. The van der Waals surface area contributed by atoms with Gasteiger partial charge in [-0.15, -0.1) is 0 Å². The summed E-state index contributed by atoms with van der Waals surface area (Å²) in [6.45, 7) is -0.390. The molecule has 1 saturated carbocycles. The molecule has 1 aliphatic carbocycles. The highest BCUT2D eigenvalue weighted by atomic mass is 16.5. The van der Waals surface area contributed by atoms with Crippen molar-refractivity contribution in [3.63, 3.8) is 0 Å². The van der Waals surface area contributed by atoms with E-state index < -0.39 is 30.5 Å². The van der Waals surface area contributed by atoms with Gasteiger partial charge in [-0.25, -0.2) is 14.6 Å². The zero-order chi connectivity index (χ0) is 43.6. The van der Waals surface area contributed by atoms with E-state index in [0.29, 0.717) is 50.6 Å². The third kappa shape index (κ3) is 10.3. The Bertz CT molecular complexity index is 2660. The lowest BCUT2D eigenvalue weighted by atomic mass is 9.94. The summed E-state index contributed by atoms with van der Waals surface area (Å²) in [7, 11) is 0. The summed E-state index contributed by atoms with van der Waals surface area (Å²) in [6, 6.07) is 22.4. The van der Waals surface area contributed by atoms with Gasteiger partial charge in [0.2, 0.25) is 0 Å². The number of imidazole rings is 1. The number of nitrogens with one attached hydrogen (secondary N) is 4. The largest absolute Gasteiger partial charge is 0.484 e. The van der Waals surface area contributed by atoms with Crippen LogP contribution >= 0.6 is 0 Å². The molecule has 18 nitrogen and oxygen atoms in total. The average molecular weight is 842 g/mol. The quantitative estimate of drug-likeness (QED) is 0.0238. The Hall–Kier alpha value is -7.85. The first kappa shape index (κ1) is 42.3. The molecule has 1 aliphatic rings. The number of aliphatic carboxylic acids is 2. The van der Waals surface area contributed by atoms with E-state index in [1.807, 2.05) is 18.2 Å². The predicted octanol–water partition coefficient (Wildman–Crippen LogP) is 6.45. The molecule has 1 fully saturated rings. The van der Waals surface area contributed by atoms with Crippen molar-refractivity contribution in [2.75, 3.05) is 26.3 Å². The highest BCUT2D eigenvalue weighted by Crippen LogP contribution is 2.37. The molecule has 2 aromatic heterocycles. The number of carboxylic acids is 2. The fourth-order valence-electron chi connectivity index (χ4n) is 7.49. The SMILES string of the molecule is [N-]=[N+]=Nc1ccc(C(=O)NCCNC(=O)COc2ccc(-c3nc4cc(C(=O)NC(Cc5c[nH]c6ccc(OCC(=O)O)cc56)C(=O)O)ccc4n3C3CCCCC3)cc2)cc1. The number of ether oxygens (including phenoxy) is 2. The Morgan fingerprint density at radius 3 is 2.27 bits per heavy atom. The van der Waals surface area contributed by atoms with Crippen molar-refractivity contribution in [3.8, 4) is 22.9 Å². The van der Waals surface area contributed by atoms with Gasteiger partial charge in [0.1, 0.15) is 23.4 Å². The fourth-order valence-corrected chi connectivity index (χ4v) is 7.49. The third-order valence-corrected chi connectivity index (χ3v) is 10.5. The number of benzene rings is 4. The van der Waals surface area contributed by atoms with Crippen LogP contribution in [-0.4, -0.2) is 86.8 Å². The summed E-state index contributed by atoms with van der Waals surface area (Å²) < 4.78 is 13.2. The van der Waals surface area contributed by atoms with Gasteiger partial charge in [0.15, 0.2) is 13.2 Å². The van der Waals surface area contributed by atoms with E-state index in [2.05, 4.69) is 35.5 Å². The molecule has 1 unspecified atom stereocenters. The normalized spacial score (nSPS) is 13.2. The van der Waals surface area contributed by atoms with Crippen molar-refractivity contribution in [2.24, 2.45) is 5.11 Å². The fraction of sp³-hybridized carbons (Fsp3) is 0.273. The van der Waals surface area contributed by atoms with Gasteiger partial charge in [-0.05, 0) is 96.7 Å². The van der Waals surface area contributed by atoms with Crippen LogP contribution in [0.3, 0.4) is 0 Å². The van der Waals surface area contributed by atoms with E-state index in [1.165, 1.54) is 24.3 Å². The number of aromatic nitrogens is 3. The van der Waals surface area contributed by atoms with Crippen LogP contribution in [-0.2, 0) is 20.8 Å². The lowest BCUT2D eigenvalue weighted by molar-refractivity contribution is -0.140. The molecule has 0 saturated heterocycles. The molecule has 0 radical (unpaired) electrons. The predicted molar refractivity (Wildman–Crippen MR) is 227 cm³/mol. The van der Waals surface area contributed by atoms with E-state index in [1.54, 1.807) is 48.7 Å². The summed E-state index contributed by atoms with van der Waals surface area (Å²) in [5.41, 5.74) is 13.1. The van der Waals surface area contributed by atoms with Crippen molar-refractivity contribution in [2.45, 2.75) is 50.6 Å². The second kappa shape index (κ2) is 19.5. The van der Waals surface area contributed by atoms with Gasteiger partial charge in [-0.1, -0.05) is 36.5 Å². The number of fused-ring (bicyclic) bond motifs is 2. The molecule has 62 heavy (non-hydrogen) atoms. The average Bonchev–Trinajstić information content (AvgIpc) is 3.87. The number of hydrogen-bond donors (Lipinski definition) is 6. The van der Waals surface area contributed by atoms with Gasteiger partial charge in [0, 0.05) is 69.9 Å². The van der Waals surface area contributed by atoms with Crippen molar-refractivity contribution < 1.29 is 43.7 Å². The van der Waals surface area contributed by atoms with Crippen LogP contribution in [0.5, 0.6) is 11.5 Å². The smallest absolute Gasteiger partial charge is 0.341 e. The van der Waals surface area contributed by atoms with Crippen LogP contribution in [0.25, 0.3) is 43.8 Å². The third-order valence-electron chi connectivity index (χ3n) is 10.5. The molecule has 4 aromatic carbocycles. The van der Waals surface area contributed by atoms with E-state index in [0.717, 1.165) is 43.2 Å². The van der Waals surface area contributed by atoms with Crippen LogP contribution < -0.4 is 25.4 Å². The highest BCUT2D eigenvalue weighted by molar-refractivity contribution is 6.00. The lowest BCUT2D eigenvalue weighted by Crippen LogP contribution is -2.42. The summed E-state index contributed by atoms with van der Waals surface area (Å²) in [4.78, 5) is 72.7. The molecule has 2 heterocycles. The second-order valence-electron chi connectivity index (χ2n) is 14.7. The number of H-pyrrole nitrogens is 1. The molecule has 6 aromatic rings. The van der Waals surface area contributed by atoms with Gasteiger partial charge in [-0.3, -0.25) is 14.4 Å². The number of nitrogens with zero attached hydrogens (tertiary/aromatic N) is 5. The number of carbonyl (C=O) groups excluding carboxylic acids is 3. The van der Waals surface area contributed by atoms with E-state index in [4.69, 9.17) is 25.1 Å². The topological polar surface area (TPSA) is 263 Å². The molecule has 0 aliphatic heterocycles. The number of aromatic amines is 1. The maximum atomic E-state index is 13.6. The van der Waals surface area contributed by atoms with Crippen molar-refractivity contribution >= 4 is 57.3 Å². The maximum Gasteiger partial charge on any atom is 0.341 e. The Kier molecular flexibility index (Phi) is 13.3. The Morgan fingerprint density at radius 1 is 0.839 bits per heavy atom. The van der Waals surface area contributed by atoms with Gasteiger partial charge >= 0.3 is 11.9 Å². The molecule has 318 valence electrons. The molecular weight excluding hydrogens is 799 g/mol. The van der Waals surface area contributed by atoms with Crippen LogP contribution in [0.2, 0.25) is 0 Å². The minimum atomic E-state index is -1.28. The monoisotopic (exact) mass is 841 g/mol. The van der Waals surface area contributed by atoms with Crippen molar-refractivity contribution in [3.05, 3.63) is 118 Å². The number of carboxylic acid groups (broad SMARTS) is 2. The molecule has 6 N–H and O–H groups in total. The van der Waals surface area contributed by atoms with Crippen molar-refractivity contribution in [1.82, 2.24) is 30.5 Å². The molecule has 7 rings (SSSR count). The summed E-state index contributed by atoms with van der Waals surface area (Å²) in [6.07, 6.45) is 6.83. The number of amides is 3. The number of rotatable bonds is 18. The number of carbonyl (C=O) groups is 5. The van der Waals surface area contributed by atoms with E-state index in [-0.39, 0.29) is 49.5 Å². The molecule has 3 amide bonds. The second-order valence-corrected chi connectivity index (χ2v) is 14.7. The first-order valence-corrected chi connectivity index (χ1v) is 20.0. The minimum absolute atomic E-state index is 0.0458. The van der Waals surface area contributed by atoms with Gasteiger partial charge in [0.05, 0.1) is 11.0 Å². The molecule has 0 bridgehead atoms. The van der Waals surface area contributed by atoms with E-state index >= 15 is 0 Å². The zero-order valence-corrected chi connectivity index (χ0v) is 33.4. The minimum Gasteiger partial charge on any atom is -0.484 e. The summed E-state index contributed by atoms with van der Waals surface area (Å²) in [5.74, 6) is -2.15. The van der Waals surface area contributed by atoms with Crippen LogP contribution in [0.15, 0.2) is 96.2 Å². The Morgan fingerprint density at radius 2 is 1.55 bits per heavy atom. The summed E-state index contributed by atoms with van der Waals surface area (Å²) >= 11 is 0. The molecule has 0 spiro atoms. The molecular formula is C44H43N9O9. The van der Waals surface area contributed by atoms with Gasteiger partial charge in [-0.2, -0.15) is 0 Å². The van der Waals surface area contributed by atoms with Crippen LogP contribution in [0.1, 0.15) is 64.4 Å². The van der Waals surface area contributed by atoms with Crippen molar-refractivity contribution in [1.29, 1.82) is 0 Å². The first-order valence-electron chi connectivity index (χ1n) is 20.0. The summed E-state index contributed by atoms with van der Waals surface area (Å²) in [5, 5.41) is 31.3. The first-order chi connectivity index (χ1) is 30.1. The number of azide groups is 1. The van der Waals surface area contributed by atoms with Crippen LogP contribution in [0, 0.1) is 0 Å². The van der Waals surface area contributed by atoms with Gasteiger partial charge < -0.3 is 45.2 Å². The Labute approximate surface area is 353 Å². The van der Waals surface area contributed by atoms with Crippen LogP contribution in [0.4, 0.5) is 5.69 Å². The molecule has 1 atom stereocenters. The number of hydrogen-bond acceptors (Lipinski definition) is 9. The highest BCUT2D eigenvalue weighted by Gasteiger charge is 2.26.